The predicted molar refractivity (Wildman–Crippen MR) is 84.0 cm³/mol. The molecule has 5 nitrogen and oxygen atoms in total. The van der Waals surface area contributed by atoms with E-state index in [1.54, 1.807) is 4.90 Å². The normalized spacial score (nSPS) is 16.4. The van der Waals surface area contributed by atoms with Crippen molar-refractivity contribution in [3.05, 3.63) is 35.4 Å². The molecule has 1 heterocycles. The number of benzene rings is 1. The van der Waals surface area contributed by atoms with Crippen molar-refractivity contribution in [2.45, 2.75) is 32.9 Å². The molecule has 0 radical (unpaired) electrons. The smallest absolute Gasteiger partial charge is 0.410 e. The van der Waals surface area contributed by atoms with Gasteiger partial charge in [0, 0.05) is 11.1 Å². The molecule has 2 rings (SSSR count). The molecule has 0 aromatic heterocycles. The van der Waals surface area contributed by atoms with Crippen LogP contribution in [0.3, 0.4) is 0 Å². The summed E-state index contributed by atoms with van der Waals surface area (Å²) in [5.74, 6) is 0. The SMILES string of the molecule is CC(C)(C)OC(=O)N1CC[NH+](Cc2cccc(C=O)c2)CC1. The van der Waals surface area contributed by atoms with Gasteiger partial charge in [-0.2, -0.15) is 0 Å². The van der Waals surface area contributed by atoms with Crippen molar-refractivity contribution in [1.29, 1.82) is 0 Å². The van der Waals surface area contributed by atoms with Gasteiger partial charge in [-0.3, -0.25) is 9.69 Å². The largest absolute Gasteiger partial charge is 0.444 e. The summed E-state index contributed by atoms with van der Waals surface area (Å²) in [6.07, 6.45) is 0.647. The Hall–Kier alpha value is -1.88. The Morgan fingerprint density at radius 3 is 2.59 bits per heavy atom. The molecule has 1 amide bonds. The highest BCUT2D eigenvalue weighted by Gasteiger charge is 2.27. The van der Waals surface area contributed by atoms with E-state index in [1.165, 1.54) is 4.90 Å². The van der Waals surface area contributed by atoms with Gasteiger partial charge in [0.25, 0.3) is 0 Å². The van der Waals surface area contributed by atoms with Crippen LogP contribution in [-0.4, -0.2) is 49.1 Å². The third-order valence-corrected chi connectivity index (χ3v) is 3.66. The van der Waals surface area contributed by atoms with Gasteiger partial charge < -0.3 is 9.64 Å². The summed E-state index contributed by atoms with van der Waals surface area (Å²) in [5, 5.41) is 0. The Kier molecular flexibility index (Phi) is 5.19. The van der Waals surface area contributed by atoms with Crippen LogP contribution >= 0.6 is 0 Å². The molecule has 1 aromatic rings. The van der Waals surface area contributed by atoms with Crippen LogP contribution in [0.5, 0.6) is 0 Å². The molecule has 1 aliphatic rings. The minimum Gasteiger partial charge on any atom is -0.444 e. The molecule has 1 fully saturated rings. The molecule has 0 unspecified atom stereocenters. The van der Waals surface area contributed by atoms with Gasteiger partial charge in [0.1, 0.15) is 18.4 Å². The van der Waals surface area contributed by atoms with E-state index in [-0.39, 0.29) is 6.09 Å². The molecule has 1 aromatic carbocycles. The summed E-state index contributed by atoms with van der Waals surface area (Å²) < 4.78 is 5.40. The maximum atomic E-state index is 12.0. The van der Waals surface area contributed by atoms with Crippen LogP contribution in [0, 0.1) is 0 Å². The van der Waals surface area contributed by atoms with Crippen molar-refractivity contribution in [2.75, 3.05) is 26.2 Å². The minimum atomic E-state index is -0.448. The first-order valence-electron chi connectivity index (χ1n) is 7.73. The molecule has 1 aliphatic heterocycles. The van der Waals surface area contributed by atoms with Crippen molar-refractivity contribution < 1.29 is 19.2 Å². The van der Waals surface area contributed by atoms with E-state index in [9.17, 15) is 9.59 Å². The molecule has 1 saturated heterocycles. The molecule has 22 heavy (non-hydrogen) atoms. The molecule has 0 atom stereocenters. The Morgan fingerprint density at radius 1 is 1.32 bits per heavy atom. The monoisotopic (exact) mass is 305 g/mol. The van der Waals surface area contributed by atoms with Crippen LogP contribution in [0.25, 0.3) is 0 Å². The number of aldehydes is 1. The van der Waals surface area contributed by atoms with Gasteiger partial charge in [0.2, 0.25) is 0 Å². The lowest BCUT2D eigenvalue weighted by Gasteiger charge is -2.33. The quantitative estimate of drug-likeness (QED) is 0.852. The topological polar surface area (TPSA) is 51.0 Å². The van der Waals surface area contributed by atoms with Crippen molar-refractivity contribution >= 4 is 12.4 Å². The summed E-state index contributed by atoms with van der Waals surface area (Å²) >= 11 is 0. The Bertz CT molecular complexity index is 529. The van der Waals surface area contributed by atoms with Crippen LogP contribution in [0.1, 0.15) is 36.7 Å². The highest BCUT2D eigenvalue weighted by atomic mass is 16.6. The fourth-order valence-corrected chi connectivity index (χ4v) is 2.57. The van der Waals surface area contributed by atoms with Crippen LogP contribution < -0.4 is 4.90 Å². The number of hydrogen-bond acceptors (Lipinski definition) is 3. The molecule has 120 valence electrons. The second-order valence-electron chi connectivity index (χ2n) is 6.76. The van der Waals surface area contributed by atoms with E-state index >= 15 is 0 Å². The highest BCUT2D eigenvalue weighted by Crippen LogP contribution is 2.10. The zero-order chi connectivity index (χ0) is 16.2. The number of quaternary nitrogens is 1. The standard InChI is InChI=1S/C17H24N2O3/c1-17(2,3)22-16(21)19-9-7-18(8-10-19)12-14-5-4-6-15(11-14)13-20/h4-6,11,13H,7-10,12H2,1-3H3/p+1. The number of nitrogens with zero attached hydrogens (tertiary/aromatic N) is 1. The lowest BCUT2D eigenvalue weighted by Crippen LogP contribution is -3.13. The zero-order valence-corrected chi connectivity index (χ0v) is 13.6. The molecular formula is C17H25N2O3+. The summed E-state index contributed by atoms with van der Waals surface area (Å²) in [4.78, 5) is 26.0. The van der Waals surface area contributed by atoms with E-state index < -0.39 is 5.60 Å². The Morgan fingerprint density at radius 2 is 2.00 bits per heavy atom. The predicted octanol–water partition coefficient (Wildman–Crippen LogP) is 1.13. The maximum absolute atomic E-state index is 12.0. The molecule has 5 heteroatoms. The molecule has 1 N–H and O–H groups in total. The third kappa shape index (κ3) is 4.84. The van der Waals surface area contributed by atoms with Crippen molar-refractivity contribution in [2.24, 2.45) is 0 Å². The fraction of sp³-hybridized carbons (Fsp3) is 0.529. The number of carbonyl (C=O) groups is 2. The van der Waals surface area contributed by atoms with Crippen LogP contribution in [0.4, 0.5) is 4.79 Å². The van der Waals surface area contributed by atoms with E-state index in [0.717, 1.165) is 31.5 Å². The lowest BCUT2D eigenvalue weighted by molar-refractivity contribution is -0.917. The van der Waals surface area contributed by atoms with E-state index in [0.29, 0.717) is 18.7 Å². The van der Waals surface area contributed by atoms with Crippen molar-refractivity contribution in [3.8, 4) is 0 Å². The summed E-state index contributed by atoms with van der Waals surface area (Å²) in [7, 11) is 0. The first-order chi connectivity index (χ1) is 10.4. The van der Waals surface area contributed by atoms with Gasteiger partial charge in [-0.15, -0.1) is 0 Å². The maximum Gasteiger partial charge on any atom is 0.410 e. The Balaban J connectivity index is 1.84. The average molecular weight is 305 g/mol. The van der Waals surface area contributed by atoms with Gasteiger partial charge >= 0.3 is 6.09 Å². The van der Waals surface area contributed by atoms with E-state index in [2.05, 4.69) is 0 Å². The number of piperazine rings is 1. The second kappa shape index (κ2) is 6.92. The van der Waals surface area contributed by atoms with Crippen LogP contribution in [0.2, 0.25) is 0 Å². The minimum absolute atomic E-state index is 0.227. The molecule has 0 saturated carbocycles. The van der Waals surface area contributed by atoms with Gasteiger partial charge in [-0.05, 0) is 26.8 Å². The Labute approximate surface area is 131 Å². The summed E-state index contributed by atoms with van der Waals surface area (Å²) in [6.45, 7) is 9.72. The average Bonchev–Trinajstić information content (AvgIpc) is 2.46. The van der Waals surface area contributed by atoms with Crippen LogP contribution in [0.15, 0.2) is 24.3 Å². The second-order valence-corrected chi connectivity index (χ2v) is 6.76. The molecular weight excluding hydrogens is 280 g/mol. The highest BCUT2D eigenvalue weighted by molar-refractivity contribution is 5.74. The van der Waals surface area contributed by atoms with Gasteiger partial charge in [0.15, 0.2) is 0 Å². The first-order valence-corrected chi connectivity index (χ1v) is 7.73. The molecule has 0 spiro atoms. The van der Waals surface area contributed by atoms with Gasteiger partial charge in [-0.25, -0.2) is 4.79 Å². The van der Waals surface area contributed by atoms with Gasteiger partial charge in [0.05, 0.1) is 26.2 Å². The van der Waals surface area contributed by atoms with E-state index in [1.807, 2.05) is 45.0 Å². The number of amides is 1. The van der Waals surface area contributed by atoms with Crippen molar-refractivity contribution in [3.63, 3.8) is 0 Å². The third-order valence-electron chi connectivity index (χ3n) is 3.66. The summed E-state index contributed by atoms with van der Waals surface area (Å²) in [6, 6.07) is 7.70. The molecule has 0 bridgehead atoms. The zero-order valence-electron chi connectivity index (χ0n) is 13.6. The number of nitrogens with one attached hydrogen (secondary N) is 1. The number of hydrogen-bond donors (Lipinski definition) is 1. The fourth-order valence-electron chi connectivity index (χ4n) is 2.57. The van der Waals surface area contributed by atoms with Gasteiger partial charge in [-0.1, -0.05) is 18.2 Å². The van der Waals surface area contributed by atoms with E-state index in [4.69, 9.17) is 4.74 Å². The summed E-state index contributed by atoms with van der Waals surface area (Å²) in [5.41, 5.74) is 1.42. The number of rotatable bonds is 3. The number of carbonyl (C=O) groups excluding carboxylic acids is 2. The first kappa shape index (κ1) is 16.5. The van der Waals surface area contributed by atoms with Crippen LogP contribution in [-0.2, 0) is 11.3 Å². The van der Waals surface area contributed by atoms with Crippen molar-refractivity contribution in [1.82, 2.24) is 4.90 Å². The lowest BCUT2D eigenvalue weighted by atomic mass is 10.1. The molecule has 0 aliphatic carbocycles. The number of ether oxygens (including phenoxy) is 1.